The molecular formula is C12H26FN. The van der Waals surface area contributed by atoms with Crippen LogP contribution in [-0.2, 0) is 0 Å². The summed E-state index contributed by atoms with van der Waals surface area (Å²) in [7, 11) is 0. The predicted octanol–water partition coefficient (Wildman–Crippen LogP) is 4.38. The Morgan fingerprint density at radius 2 is 1.14 bits per heavy atom. The van der Waals surface area contributed by atoms with E-state index in [2.05, 4.69) is 6.92 Å². The SMILES string of the molecule is CCCCCCCCCCCCNF. The highest BCUT2D eigenvalue weighted by atomic mass is 19.2. The Labute approximate surface area is 88.4 Å². The topological polar surface area (TPSA) is 12.0 Å². The van der Waals surface area contributed by atoms with Gasteiger partial charge in [0.15, 0.2) is 0 Å². The maximum Gasteiger partial charge on any atom is 0.0259 e. The molecule has 86 valence electrons. The van der Waals surface area contributed by atoms with Gasteiger partial charge in [-0.3, -0.25) is 0 Å². The van der Waals surface area contributed by atoms with Crippen molar-refractivity contribution in [3.8, 4) is 0 Å². The molecule has 0 aliphatic heterocycles. The summed E-state index contributed by atoms with van der Waals surface area (Å²) in [4.78, 5) is 0. The fourth-order valence-electron chi connectivity index (χ4n) is 1.68. The maximum absolute atomic E-state index is 11.5. The molecule has 2 heteroatoms. The monoisotopic (exact) mass is 203 g/mol. The summed E-state index contributed by atoms with van der Waals surface area (Å²) >= 11 is 0. The largest absolute Gasteiger partial charge is 0.159 e. The van der Waals surface area contributed by atoms with Crippen molar-refractivity contribution in [3.05, 3.63) is 0 Å². The Hall–Kier alpha value is -0.110. The lowest BCUT2D eigenvalue weighted by Crippen LogP contribution is -2.01. The number of unbranched alkanes of at least 4 members (excludes halogenated alkanes) is 9. The van der Waals surface area contributed by atoms with Crippen molar-refractivity contribution in [2.24, 2.45) is 0 Å². The van der Waals surface area contributed by atoms with Gasteiger partial charge in [0.2, 0.25) is 0 Å². The van der Waals surface area contributed by atoms with Crippen molar-refractivity contribution in [1.82, 2.24) is 5.54 Å². The molecule has 1 nitrogen and oxygen atoms in total. The van der Waals surface area contributed by atoms with E-state index in [0.717, 1.165) is 6.42 Å². The van der Waals surface area contributed by atoms with E-state index in [4.69, 9.17) is 0 Å². The first kappa shape index (κ1) is 13.9. The Bertz CT molecular complexity index is 84.3. The quantitative estimate of drug-likeness (QED) is 0.388. The van der Waals surface area contributed by atoms with Gasteiger partial charge in [-0.05, 0) is 6.42 Å². The van der Waals surface area contributed by atoms with E-state index < -0.39 is 0 Å². The van der Waals surface area contributed by atoms with Crippen LogP contribution in [-0.4, -0.2) is 6.54 Å². The third kappa shape index (κ3) is 11.9. The predicted molar refractivity (Wildman–Crippen MR) is 61.0 cm³/mol. The Balaban J connectivity index is 2.78. The van der Waals surface area contributed by atoms with Crippen LogP contribution < -0.4 is 5.54 Å². The van der Waals surface area contributed by atoms with Crippen molar-refractivity contribution in [2.45, 2.75) is 71.1 Å². The van der Waals surface area contributed by atoms with Gasteiger partial charge in [-0.25, -0.2) is 0 Å². The summed E-state index contributed by atoms with van der Waals surface area (Å²) in [6.07, 6.45) is 13.0. The van der Waals surface area contributed by atoms with Crippen molar-refractivity contribution < 1.29 is 4.48 Å². The molecule has 0 fully saturated rings. The first-order valence-corrected chi connectivity index (χ1v) is 6.25. The van der Waals surface area contributed by atoms with Gasteiger partial charge in [-0.15, -0.1) is 4.48 Å². The van der Waals surface area contributed by atoms with E-state index >= 15 is 0 Å². The van der Waals surface area contributed by atoms with Crippen LogP contribution in [0.4, 0.5) is 4.48 Å². The Morgan fingerprint density at radius 3 is 1.57 bits per heavy atom. The minimum absolute atomic E-state index is 0.524. The van der Waals surface area contributed by atoms with Crippen LogP contribution in [0.2, 0.25) is 0 Å². The van der Waals surface area contributed by atoms with Crippen molar-refractivity contribution in [2.75, 3.05) is 6.54 Å². The molecule has 1 N–H and O–H groups in total. The van der Waals surface area contributed by atoms with Crippen molar-refractivity contribution in [1.29, 1.82) is 0 Å². The highest BCUT2D eigenvalue weighted by Crippen LogP contribution is 2.10. The Morgan fingerprint density at radius 1 is 0.714 bits per heavy atom. The minimum atomic E-state index is 0.524. The molecule has 0 aliphatic rings. The summed E-state index contributed by atoms with van der Waals surface area (Å²) in [5.41, 5.74) is 1.69. The van der Waals surface area contributed by atoms with Gasteiger partial charge >= 0.3 is 0 Å². The minimum Gasteiger partial charge on any atom is -0.159 e. The van der Waals surface area contributed by atoms with E-state index in [0.29, 0.717) is 6.54 Å². The van der Waals surface area contributed by atoms with Gasteiger partial charge in [-0.2, -0.15) is 5.54 Å². The number of halogens is 1. The molecule has 0 heterocycles. The standard InChI is InChI=1S/C12H26FN/c1-2-3-4-5-6-7-8-9-10-11-12-14-13/h14H,2-12H2,1H3. The molecule has 0 aromatic carbocycles. The summed E-state index contributed by atoms with van der Waals surface area (Å²) < 4.78 is 11.5. The lowest BCUT2D eigenvalue weighted by Gasteiger charge is -2.01. The molecule has 0 radical (unpaired) electrons. The molecule has 0 amide bonds. The fraction of sp³-hybridized carbons (Fsp3) is 1.00. The second-order valence-electron chi connectivity index (χ2n) is 4.07. The summed E-state index contributed by atoms with van der Waals surface area (Å²) in [5.74, 6) is 0. The van der Waals surface area contributed by atoms with Crippen LogP contribution in [0.15, 0.2) is 0 Å². The number of hydrogen-bond acceptors (Lipinski definition) is 1. The molecule has 0 atom stereocenters. The Kier molecular flexibility index (Phi) is 12.8. The van der Waals surface area contributed by atoms with E-state index in [1.54, 1.807) is 5.54 Å². The number of hydrogen-bond donors (Lipinski definition) is 1. The summed E-state index contributed by atoms with van der Waals surface area (Å²) in [6.45, 7) is 2.77. The first-order valence-electron chi connectivity index (χ1n) is 6.25. The normalized spacial score (nSPS) is 10.7. The second kappa shape index (κ2) is 12.9. The van der Waals surface area contributed by atoms with Crippen LogP contribution in [0.25, 0.3) is 0 Å². The average molecular weight is 203 g/mol. The van der Waals surface area contributed by atoms with Gasteiger partial charge in [0.25, 0.3) is 0 Å². The lowest BCUT2D eigenvalue weighted by molar-refractivity contribution is 0.327. The molecule has 0 rings (SSSR count). The highest BCUT2D eigenvalue weighted by molar-refractivity contribution is 4.47. The van der Waals surface area contributed by atoms with Crippen LogP contribution in [0.5, 0.6) is 0 Å². The van der Waals surface area contributed by atoms with Crippen molar-refractivity contribution in [3.63, 3.8) is 0 Å². The van der Waals surface area contributed by atoms with Gasteiger partial charge in [-0.1, -0.05) is 64.7 Å². The van der Waals surface area contributed by atoms with Crippen LogP contribution >= 0.6 is 0 Å². The van der Waals surface area contributed by atoms with E-state index in [-0.39, 0.29) is 0 Å². The summed E-state index contributed by atoms with van der Waals surface area (Å²) in [5, 5.41) is 0. The molecule has 0 bridgehead atoms. The smallest absolute Gasteiger partial charge is 0.0259 e. The molecule has 0 unspecified atom stereocenters. The maximum atomic E-state index is 11.5. The molecule has 14 heavy (non-hydrogen) atoms. The van der Waals surface area contributed by atoms with Gasteiger partial charge in [0.1, 0.15) is 0 Å². The third-order valence-electron chi connectivity index (χ3n) is 2.62. The average Bonchev–Trinajstić information content (AvgIpc) is 2.21. The second-order valence-corrected chi connectivity index (χ2v) is 4.07. The zero-order valence-corrected chi connectivity index (χ0v) is 9.66. The first-order chi connectivity index (χ1) is 6.91. The van der Waals surface area contributed by atoms with Crippen molar-refractivity contribution >= 4 is 0 Å². The van der Waals surface area contributed by atoms with E-state index in [9.17, 15) is 4.48 Å². The number of rotatable bonds is 11. The van der Waals surface area contributed by atoms with E-state index in [1.165, 1.54) is 57.8 Å². The lowest BCUT2D eigenvalue weighted by atomic mass is 10.1. The molecular weight excluding hydrogens is 177 g/mol. The van der Waals surface area contributed by atoms with Crippen LogP contribution in [0.1, 0.15) is 71.1 Å². The van der Waals surface area contributed by atoms with Gasteiger partial charge in [0.05, 0.1) is 0 Å². The molecule has 0 aromatic heterocycles. The molecule has 0 saturated heterocycles. The molecule has 0 aromatic rings. The third-order valence-corrected chi connectivity index (χ3v) is 2.62. The van der Waals surface area contributed by atoms with Crippen LogP contribution in [0, 0.1) is 0 Å². The molecule has 0 aliphatic carbocycles. The summed E-state index contributed by atoms with van der Waals surface area (Å²) in [6, 6.07) is 0. The van der Waals surface area contributed by atoms with Gasteiger partial charge in [0, 0.05) is 6.54 Å². The zero-order valence-electron chi connectivity index (χ0n) is 9.66. The molecule has 0 spiro atoms. The van der Waals surface area contributed by atoms with Crippen LogP contribution in [0.3, 0.4) is 0 Å². The van der Waals surface area contributed by atoms with Gasteiger partial charge < -0.3 is 0 Å². The fourth-order valence-corrected chi connectivity index (χ4v) is 1.68. The highest BCUT2D eigenvalue weighted by Gasteiger charge is 1.91. The number of nitrogens with one attached hydrogen (secondary N) is 1. The zero-order chi connectivity index (χ0) is 10.5. The van der Waals surface area contributed by atoms with E-state index in [1.807, 2.05) is 0 Å². The molecule has 0 saturated carbocycles.